The Morgan fingerprint density at radius 1 is 0.500 bits per heavy atom. The van der Waals surface area contributed by atoms with Gasteiger partial charge < -0.3 is 5.32 Å². The minimum atomic E-state index is 1.05. The van der Waals surface area contributed by atoms with E-state index in [1.165, 1.54) is 118 Å². The molecule has 4 heterocycles. The molecule has 4 aromatic heterocycles. The molecule has 0 bridgehead atoms. The van der Waals surface area contributed by atoms with Crippen LogP contribution >= 0.6 is 45.3 Å². The van der Waals surface area contributed by atoms with Gasteiger partial charge in [0.2, 0.25) is 0 Å². The largest absolute Gasteiger partial charge is 0.385 e. The second-order valence-electron chi connectivity index (χ2n) is 12.4. The zero-order valence-corrected chi connectivity index (χ0v) is 29.2. The molecular weight excluding hydrogens is 635 g/mol. The monoisotopic (exact) mass is 667 g/mol. The van der Waals surface area contributed by atoms with Gasteiger partial charge in [0.25, 0.3) is 0 Å². The average Bonchev–Trinajstić information content (AvgIpc) is 3.84. The van der Waals surface area contributed by atoms with E-state index in [1.54, 1.807) is 0 Å². The quantitative estimate of drug-likeness (QED) is 0.126. The molecule has 0 radical (unpaired) electrons. The maximum Gasteiger partial charge on any atom is 0.0536 e. The highest BCUT2D eigenvalue weighted by molar-refractivity contribution is 7.35. The Hall–Kier alpha value is -3.74. The molecule has 0 aliphatic rings. The summed E-state index contributed by atoms with van der Waals surface area (Å²) in [5, 5.41) is 11.8. The van der Waals surface area contributed by atoms with E-state index in [1.807, 2.05) is 45.3 Å². The van der Waals surface area contributed by atoms with Crippen molar-refractivity contribution in [1.29, 1.82) is 0 Å². The van der Waals surface area contributed by atoms with Gasteiger partial charge in [-0.3, -0.25) is 0 Å². The summed E-state index contributed by atoms with van der Waals surface area (Å²) in [6.07, 6.45) is 5.15. The molecule has 1 nitrogen and oxygen atoms in total. The van der Waals surface area contributed by atoms with Crippen LogP contribution < -0.4 is 5.32 Å². The number of hydrogen-bond acceptors (Lipinski definition) is 5. The van der Waals surface area contributed by atoms with Crippen molar-refractivity contribution in [3.8, 4) is 20.9 Å². The van der Waals surface area contributed by atoms with Gasteiger partial charge in [0.1, 0.15) is 0 Å². The van der Waals surface area contributed by atoms with Crippen LogP contribution in [0.25, 0.3) is 81.4 Å². The summed E-state index contributed by atoms with van der Waals surface area (Å²) in [4.78, 5) is 2.70. The standard InChI is InChI=1S/C41H33NS4/c1-3-4-5-6-19-42-29-15-11-26(12-16-29)35-23-37-41(44-35)31-18-14-28-20-32-27(21-33(28)39(31)46-37)13-17-30-38(32)45-36-22-34(43-40(30)36)25-9-7-24(2)8-10-25/h7-18,20-23,42H,3-6,19H2,1-2H3. The number of benzene rings is 5. The maximum atomic E-state index is 3.59. The van der Waals surface area contributed by atoms with E-state index in [9.17, 15) is 0 Å². The minimum Gasteiger partial charge on any atom is -0.385 e. The molecule has 5 aromatic carbocycles. The molecule has 0 atom stereocenters. The highest BCUT2D eigenvalue weighted by atomic mass is 32.1. The van der Waals surface area contributed by atoms with Crippen LogP contribution in [0, 0.1) is 6.92 Å². The van der Waals surface area contributed by atoms with Crippen LogP contribution in [0.3, 0.4) is 0 Å². The van der Waals surface area contributed by atoms with Gasteiger partial charge in [0.05, 0.1) is 9.40 Å². The smallest absolute Gasteiger partial charge is 0.0536 e. The van der Waals surface area contributed by atoms with Crippen LogP contribution in [0.4, 0.5) is 5.69 Å². The Kier molecular flexibility index (Phi) is 7.12. The van der Waals surface area contributed by atoms with Crippen molar-refractivity contribution >= 4 is 112 Å². The number of unbranched alkanes of at least 4 members (excludes halogenated alkanes) is 3. The SMILES string of the molecule is CCCCCCNc1ccc(-c2cc3sc4c5cc6ccc7c8sc(-c9ccc(C)cc9)cc8sc7c6cc5ccc4c3s2)cc1. The fourth-order valence-corrected chi connectivity index (χ4v) is 12.0. The number of anilines is 1. The third kappa shape index (κ3) is 4.84. The summed E-state index contributed by atoms with van der Waals surface area (Å²) in [6.45, 7) is 5.46. The lowest BCUT2D eigenvalue weighted by atomic mass is 10.0. The summed E-state index contributed by atoms with van der Waals surface area (Å²) >= 11 is 7.75. The van der Waals surface area contributed by atoms with Gasteiger partial charge in [-0.05, 0) is 71.6 Å². The first-order valence-corrected chi connectivity index (χ1v) is 19.5. The number of rotatable bonds is 8. The minimum absolute atomic E-state index is 1.05. The van der Waals surface area contributed by atoms with Crippen LogP contribution in [0.5, 0.6) is 0 Å². The Morgan fingerprint density at radius 3 is 1.59 bits per heavy atom. The average molecular weight is 668 g/mol. The van der Waals surface area contributed by atoms with E-state index in [4.69, 9.17) is 0 Å². The van der Waals surface area contributed by atoms with Gasteiger partial charge in [-0.15, -0.1) is 45.3 Å². The number of aryl methyl sites for hydroxylation is 1. The molecule has 0 amide bonds. The highest BCUT2D eigenvalue weighted by Crippen LogP contribution is 2.48. The molecule has 0 unspecified atom stereocenters. The second-order valence-corrected chi connectivity index (χ2v) is 16.6. The van der Waals surface area contributed by atoms with Gasteiger partial charge in [-0.25, -0.2) is 0 Å². The number of nitrogens with one attached hydrogen (secondary N) is 1. The maximum absolute atomic E-state index is 3.59. The first-order chi connectivity index (χ1) is 22.6. The molecule has 226 valence electrons. The number of hydrogen-bond donors (Lipinski definition) is 1. The lowest BCUT2D eigenvalue weighted by molar-refractivity contribution is 0.685. The molecule has 46 heavy (non-hydrogen) atoms. The number of fused-ring (bicyclic) bond motifs is 10. The van der Waals surface area contributed by atoms with Crippen molar-refractivity contribution in [3.05, 3.63) is 103 Å². The Balaban J connectivity index is 1.05. The third-order valence-electron chi connectivity index (χ3n) is 9.23. The van der Waals surface area contributed by atoms with E-state index in [0.717, 1.165) is 6.54 Å². The molecule has 0 aliphatic heterocycles. The first kappa shape index (κ1) is 28.5. The molecule has 9 aromatic rings. The van der Waals surface area contributed by atoms with Gasteiger partial charge in [0, 0.05) is 62.3 Å². The van der Waals surface area contributed by atoms with Crippen molar-refractivity contribution in [1.82, 2.24) is 0 Å². The van der Waals surface area contributed by atoms with Gasteiger partial charge in [-0.1, -0.05) is 92.4 Å². The van der Waals surface area contributed by atoms with E-state index in [2.05, 4.69) is 116 Å². The zero-order chi connectivity index (χ0) is 30.8. The normalized spacial score (nSPS) is 12.1. The van der Waals surface area contributed by atoms with E-state index >= 15 is 0 Å². The van der Waals surface area contributed by atoms with E-state index in [-0.39, 0.29) is 0 Å². The van der Waals surface area contributed by atoms with Crippen molar-refractivity contribution in [2.75, 3.05) is 11.9 Å². The van der Waals surface area contributed by atoms with Crippen LogP contribution in [0.1, 0.15) is 38.2 Å². The molecule has 0 fully saturated rings. The van der Waals surface area contributed by atoms with Crippen LogP contribution in [0.2, 0.25) is 0 Å². The van der Waals surface area contributed by atoms with Gasteiger partial charge in [-0.2, -0.15) is 0 Å². The predicted octanol–water partition coefficient (Wildman–Crippen LogP) is 14.5. The lowest BCUT2D eigenvalue weighted by Gasteiger charge is -2.07. The summed E-state index contributed by atoms with van der Waals surface area (Å²) < 4.78 is 8.42. The summed E-state index contributed by atoms with van der Waals surface area (Å²) in [5.74, 6) is 0. The molecule has 0 spiro atoms. The first-order valence-electron chi connectivity index (χ1n) is 16.2. The number of thiophene rings is 4. The Bertz CT molecular complexity index is 2540. The summed E-state index contributed by atoms with van der Waals surface area (Å²) in [6, 6.07) is 37.0. The molecule has 0 saturated heterocycles. The highest BCUT2D eigenvalue weighted by Gasteiger charge is 2.16. The van der Waals surface area contributed by atoms with Crippen LogP contribution in [0.15, 0.2) is 97.1 Å². The third-order valence-corrected chi connectivity index (χ3v) is 14.3. The molecule has 0 saturated carbocycles. The van der Waals surface area contributed by atoms with Crippen molar-refractivity contribution < 1.29 is 0 Å². The fraction of sp³-hybridized carbons (Fsp3) is 0.171. The predicted molar refractivity (Wildman–Crippen MR) is 211 cm³/mol. The molecule has 5 heteroatoms. The van der Waals surface area contributed by atoms with Crippen molar-refractivity contribution in [2.45, 2.75) is 39.5 Å². The van der Waals surface area contributed by atoms with Crippen molar-refractivity contribution in [2.24, 2.45) is 0 Å². The van der Waals surface area contributed by atoms with Crippen LogP contribution in [-0.2, 0) is 0 Å². The Morgan fingerprint density at radius 2 is 1.04 bits per heavy atom. The topological polar surface area (TPSA) is 12.0 Å². The Labute approximate surface area is 284 Å². The molecule has 0 aliphatic carbocycles. The summed E-state index contributed by atoms with van der Waals surface area (Å²) in [7, 11) is 0. The molecular formula is C41H33NS4. The second kappa shape index (κ2) is 11.5. The van der Waals surface area contributed by atoms with Crippen LogP contribution in [-0.4, -0.2) is 6.54 Å². The molecule has 1 N–H and O–H groups in total. The van der Waals surface area contributed by atoms with Gasteiger partial charge >= 0.3 is 0 Å². The van der Waals surface area contributed by atoms with Gasteiger partial charge in [0.15, 0.2) is 0 Å². The summed E-state index contributed by atoms with van der Waals surface area (Å²) in [5.41, 5.74) is 5.13. The molecule has 9 rings (SSSR count). The van der Waals surface area contributed by atoms with E-state index < -0.39 is 0 Å². The fourth-order valence-electron chi connectivity index (χ4n) is 6.70. The van der Waals surface area contributed by atoms with Crippen molar-refractivity contribution in [3.63, 3.8) is 0 Å². The zero-order valence-electron chi connectivity index (χ0n) is 25.9. The lowest BCUT2D eigenvalue weighted by Crippen LogP contribution is -2.00. The van der Waals surface area contributed by atoms with E-state index in [0.29, 0.717) is 0 Å².